The third kappa shape index (κ3) is 9.76. The van der Waals surface area contributed by atoms with Crippen LogP contribution >= 0.6 is 0 Å². The van der Waals surface area contributed by atoms with Gasteiger partial charge in [0.1, 0.15) is 24.0 Å². The maximum atomic E-state index is 7.25. The predicted molar refractivity (Wildman–Crippen MR) is 319 cm³/mol. The summed E-state index contributed by atoms with van der Waals surface area (Å²) < 4.78 is 9.58. The van der Waals surface area contributed by atoms with Gasteiger partial charge in [-0.25, -0.2) is 4.98 Å². The summed E-state index contributed by atoms with van der Waals surface area (Å²) in [5.74, 6) is 2.44. The van der Waals surface area contributed by atoms with Crippen LogP contribution < -0.4 is 14.5 Å². The Labute approximate surface area is 448 Å². The van der Waals surface area contributed by atoms with Crippen molar-refractivity contribution in [3.63, 3.8) is 0 Å². The van der Waals surface area contributed by atoms with Crippen LogP contribution in [0.2, 0.25) is 0 Å². The van der Waals surface area contributed by atoms with Gasteiger partial charge in [0.2, 0.25) is 0 Å². The smallest absolute Gasteiger partial charge is 0.137 e. The molecule has 0 spiro atoms. The van der Waals surface area contributed by atoms with Crippen molar-refractivity contribution >= 4 is 44.6 Å². The molecule has 0 amide bonds. The molecule has 5 nitrogen and oxygen atoms in total. The second-order valence-corrected chi connectivity index (χ2v) is 26.4. The maximum absolute atomic E-state index is 7.25. The van der Waals surface area contributed by atoms with E-state index in [1.807, 2.05) is 6.20 Å². The lowest BCUT2D eigenvalue weighted by molar-refractivity contribution is 0.480. The van der Waals surface area contributed by atoms with Crippen LogP contribution in [0.15, 0.2) is 170 Å². The van der Waals surface area contributed by atoms with E-state index in [0.717, 1.165) is 34.0 Å². The molecule has 10 rings (SSSR count). The summed E-state index contributed by atoms with van der Waals surface area (Å²) in [6.45, 7) is 37.5. The molecule has 0 saturated heterocycles. The van der Waals surface area contributed by atoms with Gasteiger partial charge >= 0.3 is 0 Å². The van der Waals surface area contributed by atoms with Crippen molar-refractivity contribution in [1.82, 2.24) is 9.55 Å². The molecule has 0 N–H and O–H groups in total. The highest BCUT2D eigenvalue weighted by atomic mass is 16.5. The van der Waals surface area contributed by atoms with Crippen LogP contribution in [0, 0.1) is 0 Å². The molecule has 2 aromatic heterocycles. The van der Waals surface area contributed by atoms with Gasteiger partial charge in [-0.3, -0.25) is 4.57 Å². The molecule has 9 aromatic rings. The third-order valence-electron chi connectivity index (χ3n) is 16.1. The van der Waals surface area contributed by atoms with E-state index in [1.54, 1.807) is 0 Å². The van der Waals surface area contributed by atoms with Crippen LogP contribution in [0.5, 0.6) is 11.5 Å². The molecular formula is C70H78N4O. The molecule has 0 unspecified atom stereocenters. The van der Waals surface area contributed by atoms with Crippen LogP contribution in [-0.4, -0.2) is 16.2 Å². The van der Waals surface area contributed by atoms with Gasteiger partial charge in [-0.1, -0.05) is 190 Å². The number of fused-ring (bicyclic) bond motifs is 4. The molecule has 0 saturated carbocycles. The predicted octanol–water partition coefficient (Wildman–Crippen LogP) is 19.1. The van der Waals surface area contributed by atoms with Crippen molar-refractivity contribution < 1.29 is 4.74 Å². The Morgan fingerprint density at radius 3 is 1.48 bits per heavy atom. The Bertz CT molecular complexity index is 3590. The number of hydrogen-bond acceptors (Lipinski definition) is 4. The largest absolute Gasteiger partial charge is 0.457 e. The average molecular weight is 991 g/mol. The molecule has 0 bridgehead atoms. The van der Waals surface area contributed by atoms with E-state index in [2.05, 4.69) is 289 Å². The topological polar surface area (TPSA) is 33.5 Å². The zero-order valence-corrected chi connectivity index (χ0v) is 47.6. The van der Waals surface area contributed by atoms with Crippen LogP contribution in [-0.2, 0) is 32.5 Å². The fourth-order valence-electron chi connectivity index (χ4n) is 10.9. The highest BCUT2D eigenvalue weighted by Crippen LogP contribution is 2.50. The molecule has 0 atom stereocenters. The SMILES string of the molecule is CC(C)(C)c1cc(N2CN(c3cc(Oc4ccc5c6cc(C(C)(C)C)ccc6n(-c6cc(C(C)(C)C)ccn6)c5c4)cc(C(C)(C)c4ccccc4)c3)c3cc(C(C)(C)C)ccc32)cc(C(C)(C)c2ccccc2)c1. The Hall–Kier alpha value is -7.11. The molecule has 384 valence electrons. The number of benzene rings is 7. The van der Waals surface area contributed by atoms with Crippen LogP contribution in [0.25, 0.3) is 27.6 Å². The molecule has 1 aliphatic rings. The minimum Gasteiger partial charge on any atom is -0.457 e. The first-order valence-corrected chi connectivity index (χ1v) is 27.0. The van der Waals surface area contributed by atoms with E-state index < -0.39 is 0 Å². The number of anilines is 4. The second-order valence-electron chi connectivity index (χ2n) is 26.4. The molecule has 3 heterocycles. The van der Waals surface area contributed by atoms with Crippen LogP contribution in [0.1, 0.15) is 155 Å². The van der Waals surface area contributed by atoms with Crippen molar-refractivity contribution in [2.45, 2.75) is 143 Å². The second kappa shape index (κ2) is 18.3. The lowest BCUT2D eigenvalue weighted by Gasteiger charge is -2.32. The maximum Gasteiger partial charge on any atom is 0.137 e. The Balaban J connectivity index is 1.15. The fraction of sp³-hybridized carbons (Fsp3) is 0.329. The van der Waals surface area contributed by atoms with E-state index in [9.17, 15) is 0 Å². The number of hydrogen-bond donors (Lipinski definition) is 0. The molecule has 7 aromatic carbocycles. The molecule has 75 heavy (non-hydrogen) atoms. The summed E-state index contributed by atoms with van der Waals surface area (Å²) in [6.07, 6.45) is 1.95. The van der Waals surface area contributed by atoms with Crippen molar-refractivity contribution in [2.75, 3.05) is 16.5 Å². The monoisotopic (exact) mass is 991 g/mol. The number of rotatable bonds is 9. The lowest BCUT2D eigenvalue weighted by Crippen LogP contribution is -2.27. The zero-order valence-electron chi connectivity index (χ0n) is 47.6. The normalized spacial score (nSPS) is 13.8. The third-order valence-corrected chi connectivity index (χ3v) is 16.1. The highest BCUT2D eigenvalue weighted by molar-refractivity contribution is 6.10. The molecule has 0 radical (unpaired) electrons. The minimum atomic E-state index is -0.352. The Morgan fingerprint density at radius 2 is 0.880 bits per heavy atom. The van der Waals surface area contributed by atoms with Gasteiger partial charge in [-0.2, -0.15) is 0 Å². The van der Waals surface area contributed by atoms with E-state index >= 15 is 0 Å². The fourth-order valence-corrected chi connectivity index (χ4v) is 10.9. The van der Waals surface area contributed by atoms with Crippen LogP contribution in [0.3, 0.4) is 0 Å². The number of pyridine rings is 1. The van der Waals surface area contributed by atoms with Gasteiger partial charge < -0.3 is 14.5 Å². The summed E-state index contributed by atoms with van der Waals surface area (Å²) >= 11 is 0. The lowest BCUT2D eigenvalue weighted by atomic mass is 9.75. The van der Waals surface area contributed by atoms with Gasteiger partial charge in [0.25, 0.3) is 0 Å². The van der Waals surface area contributed by atoms with E-state index in [4.69, 9.17) is 9.72 Å². The van der Waals surface area contributed by atoms with Gasteiger partial charge in [0.15, 0.2) is 0 Å². The van der Waals surface area contributed by atoms with E-state index in [1.165, 1.54) is 72.3 Å². The van der Waals surface area contributed by atoms with Crippen molar-refractivity contribution in [3.05, 3.63) is 214 Å². The van der Waals surface area contributed by atoms with Gasteiger partial charge in [0.05, 0.1) is 22.4 Å². The average Bonchev–Trinajstić information content (AvgIpc) is 3.92. The van der Waals surface area contributed by atoms with Gasteiger partial charge in [-0.15, -0.1) is 0 Å². The summed E-state index contributed by atoms with van der Waals surface area (Å²) in [5.41, 5.74) is 16.2. The molecular weight excluding hydrogens is 913 g/mol. The molecule has 1 aliphatic heterocycles. The van der Waals surface area contributed by atoms with Gasteiger partial charge in [0, 0.05) is 51.3 Å². The summed E-state index contributed by atoms with van der Waals surface area (Å²) in [6, 6.07) is 61.0. The van der Waals surface area contributed by atoms with Crippen LogP contribution in [0.4, 0.5) is 22.7 Å². The quantitative estimate of drug-likeness (QED) is 0.144. The summed E-state index contributed by atoms with van der Waals surface area (Å²) in [7, 11) is 0. The Morgan fingerprint density at radius 1 is 0.360 bits per heavy atom. The van der Waals surface area contributed by atoms with E-state index in [0.29, 0.717) is 6.67 Å². The first-order valence-electron chi connectivity index (χ1n) is 27.0. The highest BCUT2D eigenvalue weighted by Gasteiger charge is 2.35. The standard InChI is InChI=1S/C70H78N4O/c1-65(2,3)48-27-31-60-59(40-48)58-30-29-56(44-62(58)74(60)64-42-50(33-34-71-64)67(7,8)9)75-57-39-53(70(15,16)47-25-21-18-22-26-47)38-55(43-57)73-45-72(61-32-28-49(41-63(61)73)66(4,5)6)54-36-51(68(10,11)12)35-52(37-54)69(13,14)46-23-19-17-20-24-46/h17-44H,45H2,1-16H3. The number of nitrogens with zero attached hydrogens (tertiary/aromatic N) is 4. The van der Waals surface area contributed by atoms with Crippen molar-refractivity contribution in [3.8, 4) is 17.3 Å². The molecule has 0 fully saturated rings. The van der Waals surface area contributed by atoms with E-state index in [-0.39, 0.29) is 32.5 Å². The summed E-state index contributed by atoms with van der Waals surface area (Å²) in [4.78, 5) is 10.1. The molecule has 0 aliphatic carbocycles. The number of aromatic nitrogens is 2. The number of ether oxygens (including phenoxy) is 1. The summed E-state index contributed by atoms with van der Waals surface area (Å²) in [5, 5.41) is 2.37. The van der Waals surface area contributed by atoms with Gasteiger partial charge in [-0.05, 0) is 139 Å². The first kappa shape index (κ1) is 51.4. The molecule has 5 heteroatoms. The Kier molecular flexibility index (Phi) is 12.6. The van der Waals surface area contributed by atoms with Crippen molar-refractivity contribution in [1.29, 1.82) is 0 Å². The van der Waals surface area contributed by atoms with Crippen molar-refractivity contribution in [2.24, 2.45) is 0 Å². The zero-order chi connectivity index (χ0) is 53.6. The minimum absolute atomic E-state index is 0.00773. The first-order chi connectivity index (χ1) is 35.2.